The number of aromatic nitrogens is 1. The first kappa shape index (κ1) is 10.4. The number of benzene rings is 1. The molecule has 0 aliphatic rings. The first-order chi connectivity index (χ1) is 7.26. The number of hydrogen-bond donors (Lipinski definition) is 0. The third-order valence-electron chi connectivity index (χ3n) is 2.73. The average molecular weight is 220 g/mol. The maximum atomic E-state index is 6.02. The van der Waals surface area contributed by atoms with E-state index in [1.165, 1.54) is 16.3 Å². The van der Waals surface area contributed by atoms with Crippen molar-refractivity contribution in [3.05, 3.63) is 40.7 Å². The molecule has 0 saturated carbocycles. The molecule has 0 fully saturated rings. The molecule has 1 nitrogen and oxygen atoms in total. The molecule has 0 amide bonds. The molecule has 0 aliphatic carbocycles. The Bertz CT molecular complexity index is 491. The lowest BCUT2D eigenvalue weighted by Gasteiger charge is -2.08. The van der Waals surface area contributed by atoms with Crippen LogP contribution in [0, 0.1) is 0 Å². The number of hydrogen-bond acceptors (Lipinski definition) is 1. The molecular formula is C13H14ClN. The lowest BCUT2D eigenvalue weighted by Crippen LogP contribution is -1.93. The van der Waals surface area contributed by atoms with Crippen LogP contribution in [0.3, 0.4) is 0 Å². The molecule has 15 heavy (non-hydrogen) atoms. The molecule has 0 bridgehead atoms. The van der Waals surface area contributed by atoms with E-state index in [0.717, 1.165) is 23.6 Å². The molecule has 2 aromatic rings. The van der Waals surface area contributed by atoms with E-state index in [-0.39, 0.29) is 0 Å². The molecular weight excluding hydrogens is 206 g/mol. The van der Waals surface area contributed by atoms with Crippen molar-refractivity contribution < 1.29 is 0 Å². The Kier molecular flexibility index (Phi) is 2.92. The van der Waals surface area contributed by atoms with E-state index in [1.807, 2.05) is 18.3 Å². The minimum atomic E-state index is 0.797. The minimum absolute atomic E-state index is 0.797. The van der Waals surface area contributed by atoms with Gasteiger partial charge in [0.2, 0.25) is 0 Å². The van der Waals surface area contributed by atoms with Crippen LogP contribution in [0.1, 0.15) is 25.1 Å². The molecule has 0 N–H and O–H groups in total. The van der Waals surface area contributed by atoms with Gasteiger partial charge in [0.05, 0.1) is 0 Å². The van der Waals surface area contributed by atoms with Crippen molar-refractivity contribution in [2.24, 2.45) is 0 Å². The second-order valence-electron chi connectivity index (χ2n) is 3.63. The zero-order valence-electron chi connectivity index (χ0n) is 9.05. The fraction of sp³-hybridized carbons (Fsp3) is 0.308. The van der Waals surface area contributed by atoms with Gasteiger partial charge in [0, 0.05) is 22.3 Å². The van der Waals surface area contributed by atoms with Crippen LogP contribution < -0.4 is 0 Å². The van der Waals surface area contributed by atoms with Crippen LogP contribution in [0.2, 0.25) is 5.02 Å². The number of aryl methyl sites for hydroxylation is 2. The van der Waals surface area contributed by atoms with Crippen LogP contribution in [-0.2, 0) is 12.8 Å². The Hall–Kier alpha value is -1.08. The van der Waals surface area contributed by atoms with Crippen molar-refractivity contribution in [3.8, 4) is 0 Å². The quantitative estimate of drug-likeness (QED) is 0.744. The third kappa shape index (κ3) is 1.84. The van der Waals surface area contributed by atoms with Gasteiger partial charge in [-0.15, -0.1) is 0 Å². The van der Waals surface area contributed by atoms with E-state index in [2.05, 4.69) is 24.9 Å². The molecule has 1 heterocycles. The smallest absolute Gasteiger partial charge is 0.0479 e. The third-order valence-corrected chi connectivity index (χ3v) is 2.97. The summed E-state index contributed by atoms with van der Waals surface area (Å²) < 4.78 is 0. The Labute approximate surface area is 95.1 Å². The van der Waals surface area contributed by atoms with Crippen molar-refractivity contribution in [2.75, 3.05) is 0 Å². The molecule has 2 rings (SSSR count). The maximum Gasteiger partial charge on any atom is 0.0479 e. The van der Waals surface area contributed by atoms with Gasteiger partial charge in [0.25, 0.3) is 0 Å². The van der Waals surface area contributed by atoms with Crippen molar-refractivity contribution in [3.63, 3.8) is 0 Å². The summed E-state index contributed by atoms with van der Waals surface area (Å²) in [4.78, 5) is 4.48. The standard InChI is InChI=1S/C13H14ClN/c1-3-9-8-15-13(4-2)11-6-5-10(14)7-12(9)11/h5-8H,3-4H2,1-2H3. The maximum absolute atomic E-state index is 6.02. The lowest BCUT2D eigenvalue weighted by atomic mass is 10.0. The molecule has 1 aromatic heterocycles. The average Bonchev–Trinajstić information content (AvgIpc) is 2.27. The van der Waals surface area contributed by atoms with Gasteiger partial charge in [-0.2, -0.15) is 0 Å². The van der Waals surface area contributed by atoms with E-state index in [4.69, 9.17) is 11.6 Å². The predicted octanol–water partition coefficient (Wildman–Crippen LogP) is 4.01. The summed E-state index contributed by atoms with van der Waals surface area (Å²) in [6, 6.07) is 6.05. The zero-order chi connectivity index (χ0) is 10.8. The minimum Gasteiger partial charge on any atom is -0.260 e. The van der Waals surface area contributed by atoms with Gasteiger partial charge in [-0.05, 0) is 35.9 Å². The van der Waals surface area contributed by atoms with Crippen molar-refractivity contribution in [2.45, 2.75) is 26.7 Å². The van der Waals surface area contributed by atoms with Crippen LogP contribution in [0.5, 0.6) is 0 Å². The first-order valence-corrected chi connectivity index (χ1v) is 5.70. The second-order valence-corrected chi connectivity index (χ2v) is 4.06. The fourth-order valence-electron chi connectivity index (χ4n) is 1.89. The zero-order valence-corrected chi connectivity index (χ0v) is 9.80. The van der Waals surface area contributed by atoms with Gasteiger partial charge in [0.15, 0.2) is 0 Å². The van der Waals surface area contributed by atoms with Gasteiger partial charge >= 0.3 is 0 Å². The normalized spacial score (nSPS) is 10.9. The Morgan fingerprint density at radius 3 is 2.60 bits per heavy atom. The van der Waals surface area contributed by atoms with Crippen molar-refractivity contribution in [1.29, 1.82) is 0 Å². The summed E-state index contributed by atoms with van der Waals surface area (Å²) in [6.07, 6.45) is 3.92. The number of fused-ring (bicyclic) bond motifs is 1. The summed E-state index contributed by atoms with van der Waals surface area (Å²) in [5.41, 5.74) is 2.42. The van der Waals surface area contributed by atoms with E-state index in [1.54, 1.807) is 0 Å². The Morgan fingerprint density at radius 1 is 1.13 bits per heavy atom. The van der Waals surface area contributed by atoms with Crippen LogP contribution in [-0.4, -0.2) is 4.98 Å². The van der Waals surface area contributed by atoms with Gasteiger partial charge in [-0.1, -0.05) is 31.5 Å². The van der Waals surface area contributed by atoms with Crippen LogP contribution in [0.25, 0.3) is 10.8 Å². The molecule has 78 valence electrons. The molecule has 1 aromatic carbocycles. The van der Waals surface area contributed by atoms with Crippen molar-refractivity contribution >= 4 is 22.4 Å². The SMILES string of the molecule is CCc1cnc(CC)c2ccc(Cl)cc12. The molecule has 0 atom stereocenters. The lowest BCUT2D eigenvalue weighted by molar-refractivity contribution is 1.03. The predicted molar refractivity (Wildman–Crippen MR) is 65.5 cm³/mol. The summed E-state index contributed by atoms with van der Waals surface area (Å²) in [5.74, 6) is 0. The van der Waals surface area contributed by atoms with E-state index in [0.29, 0.717) is 0 Å². The monoisotopic (exact) mass is 219 g/mol. The van der Waals surface area contributed by atoms with Gasteiger partial charge in [-0.3, -0.25) is 4.98 Å². The van der Waals surface area contributed by atoms with Crippen LogP contribution in [0.4, 0.5) is 0 Å². The van der Waals surface area contributed by atoms with Gasteiger partial charge in [0.1, 0.15) is 0 Å². The fourth-order valence-corrected chi connectivity index (χ4v) is 2.06. The van der Waals surface area contributed by atoms with E-state index >= 15 is 0 Å². The topological polar surface area (TPSA) is 12.9 Å². The van der Waals surface area contributed by atoms with Gasteiger partial charge < -0.3 is 0 Å². The summed E-state index contributed by atoms with van der Waals surface area (Å²) in [7, 11) is 0. The summed E-state index contributed by atoms with van der Waals surface area (Å²) in [5, 5.41) is 3.28. The van der Waals surface area contributed by atoms with Crippen LogP contribution >= 0.6 is 11.6 Å². The highest BCUT2D eigenvalue weighted by Gasteiger charge is 2.05. The van der Waals surface area contributed by atoms with Gasteiger partial charge in [-0.25, -0.2) is 0 Å². The molecule has 0 aliphatic heterocycles. The van der Waals surface area contributed by atoms with Crippen molar-refractivity contribution in [1.82, 2.24) is 4.98 Å². The highest BCUT2D eigenvalue weighted by molar-refractivity contribution is 6.31. The molecule has 0 unspecified atom stereocenters. The summed E-state index contributed by atoms with van der Waals surface area (Å²) >= 11 is 6.02. The van der Waals surface area contributed by atoms with E-state index < -0.39 is 0 Å². The van der Waals surface area contributed by atoms with Crippen LogP contribution in [0.15, 0.2) is 24.4 Å². The largest absolute Gasteiger partial charge is 0.260 e. The number of halogens is 1. The Morgan fingerprint density at radius 2 is 1.93 bits per heavy atom. The Balaban J connectivity index is 2.80. The molecule has 2 heteroatoms. The highest BCUT2D eigenvalue weighted by atomic mass is 35.5. The summed E-state index contributed by atoms with van der Waals surface area (Å²) in [6.45, 7) is 4.27. The number of rotatable bonds is 2. The number of nitrogens with zero attached hydrogens (tertiary/aromatic N) is 1. The molecule has 0 spiro atoms. The molecule has 0 radical (unpaired) electrons. The van der Waals surface area contributed by atoms with E-state index in [9.17, 15) is 0 Å². The second kappa shape index (κ2) is 4.19. The number of pyridine rings is 1. The highest BCUT2D eigenvalue weighted by Crippen LogP contribution is 2.25. The molecule has 0 saturated heterocycles. The first-order valence-electron chi connectivity index (χ1n) is 5.32.